The van der Waals surface area contributed by atoms with Crippen molar-refractivity contribution in [2.75, 3.05) is 13.1 Å². The molecule has 1 aliphatic heterocycles. The van der Waals surface area contributed by atoms with E-state index < -0.39 is 0 Å². The topological polar surface area (TPSA) is 76.8 Å². The first-order valence-electron chi connectivity index (χ1n) is 10.3. The largest absolute Gasteiger partial charge is 0.343 e. The predicted molar refractivity (Wildman–Crippen MR) is 114 cm³/mol. The van der Waals surface area contributed by atoms with E-state index in [-0.39, 0.29) is 5.91 Å². The number of carbonyl (C=O) groups excluding carboxylic acids is 1. The first-order chi connectivity index (χ1) is 14.6. The van der Waals surface area contributed by atoms with Crippen LogP contribution in [0.3, 0.4) is 0 Å². The van der Waals surface area contributed by atoms with Gasteiger partial charge in [-0.3, -0.25) is 9.78 Å². The van der Waals surface area contributed by atoms with E-state index in [0.29, 0.717) is 18.9 Å². The quantitative estimate of drug-likeness (QED) is 0.606. The molecule has 1 saturated heterocycles. The number of rotatable bonds is 6. The van der Waals surface area contributed by atoms with Crippen LogP contribution in [0.4, 0.5) is 0 Å². The molecular formula is C22H25ClN6O. The molecule has 8 heteroatoms. The number of aromatic nitrogens is 5. The number of hydrogen-bond donors (Lipinski definition) is 0. The minimum atomic E-state index is 0.157. The van der Waals surface area contributed by atoms with E-state index in [0.717, 1.165) is 48.8 Å². The Morgan fingerprint density at radius 3 is 2.60 bits per heavy atom. The van der Waals surface area contributed by atoms with Gasteiger partial charge in [-0.05, 0) is 72.0 Å². The molecule has 0 aliphatic carbocycles. The fourth-order valence-corrected chi connectivity index (χ4v) is 4.12. The van der Waals surface area contributed by atoms with Crippen molar-refractivity contribution < 1.29 is 4.79 Å². The molecule has 0 bridgehead atoms. The fourth-order valence-electron chi connectivity index (χ4n) is 3.99. The van der Waals surface area contributed by atoms with Gasteiger partial charge in [0.15, 0.2) is 0 Å². The van der Waals surface area contributed by atoms with Crippen LogP contribution in [-0.4, -0.2) is 49.1 Å². The van der Waals surface area contributed by atoms with Crippen LogP contribution >= 0.6 is 11.6 Å². The molecule has 1 aromatic carbocycles. The Balaban J connectivity index is 1.35. The van der Waals surface area contributed by atoms with Crippen molar-refractivity contribution in [3.63, 3.8) is 0 Å². The molecule has 0 atom stereocenters. The summed E-state index contributed by atoms with van der Waals surface area (Å²) in [5.41, 5.74) is 4.68. The van der Waals surface area contributed by atoms with Gasteiger partial charge in [0.1, 0.15) is 6.33 Å². The van der Waals surface area contributed by atoms with Crippen molar-refractivity contribution in [1.29, 1.82) is 0 Å². The first-order valence-corrected chi connectivity index (χ1v) is 10.6. The van der Waals surface area contributed by atoms with Crippen LogP contribution in [0.1, 0.15) is 47.7 Å². The molecule has 0 spiro atoms. The molecular weight excluding hydrogens is 400 g/mol. The number of nitrogens with zero attached hydrogens (tertiary/aromatic N) is 6. The zero-order valence-electron chi connectivity index (χ0n) is 17.0. The van der Waals surface area contributed by atoms with Crippen molar-refractivity contribution in [3.8, 4) is 0 Å². The van der Waals surface area contributed by atoms with E-state index in [1.54, 1.807) is 4.68 Å². The number of amides is 1. The molecule has 1 aliphatic rings. The van der Waals surface area contributed by atoms with E-state index in [1.165, 1.54) is 17.5 Å². The molecule has 4 rings (SSSR count). The molecule has 3 aromatic rings. The van der Waals surface area contributed by atoms with E-state index in [9.17, 15) is 4.79 Å². The number of tetrazole rings is 1. The number of piperidine rings is 1. The summed E-state index contributed by atoms with van der Waals surface area (Å²) in [6.45, 7) is 4.09. The summed E-state index contributed by atoms with van der Waals surface area (Å²) in [6, 6.07) is 12.4. The molecule has 7 nitrogen and oxygen atoms in total. The number of hydrogen-bond acceptors (Lipinski definition) is 5. The van der Waals surface area contributed by atoms with Gasteiger partial charge in [0.05, 0.1) is 6.54 Å². The maximum atomic E-state index is 12.5. The lowest BCUT2D eigenvalue weighted by Crippen LogP contribution is -2.38. The molecule has 30 heavy (non-hydrogen) atoms. The Bertz CT molecular complexity index is 981. The first kappa shape index (κ1) is 20.5. The SMILES string of the molecule is Cc1cc(Cc2ccc(Cl)cc2)cc(C2CCN(C(=O)CCn3cnnn3)CC2)n1. The lowest BCUT2D eigenvalue weighted by atomic mass is 9.91. The van der Waals surface area contributed by atoms with E-state index in [4.69, 9.17) is 16.6 Å². The summed E-state index contributed by atoms with van der Waals surface area (Å²) in [4.78, 5) is 19.2. The minimum Gasteiger partial charge on any atom is -0.343 e. The van der Waals surface area contributed by atoms with Gasteiger partial charge in [0.25, 0.3) is 0 Å². The van der Waals surface area contributed by atoms with Crippen molar-refractivity contribution in [1.82, 2.24) is 30.1 Å². The molecule has 1 amide bonds. The second-order valence-electron chi connectivity index (χ2n) is 7.82. The number of carbonyl (C=O) groups is 1. The van der Waals surface area contributed by atoms with Gasteiger partial charge in [-0.15, -0.1) is 5.10 Å². The monoisotopic (exact) mass is 424 g/mol. The molecule has 0 saturated carbocycles. The van der Waals surface area contributed by atoms with Crippen LogP contribution in [0.5, 0.6) is 0 Å². The van der Waals surface area contributed by atoms with Crippen molar-refractivity contribution in [3.05, 3.63) is 70.3 Å². The highest BCUT2D eigenvalue weighted by atomic mass is 35.5. The third-order valence-electron chi connectivity index (χ3n) is 5.57. The molecule has 1 fully saturated rings. The normalized spacial score (nSPS) is 14.8. The van der Waals surface area contributed by atoms with Crippen LogP contribution in [0.15, 0.2) is 42.7 Å². The van der Waals surface area contributed by atoms with E-state index in [1.807, 2.05) is 24.0 Å². The predicted octanol–water partition coefficient (Wildman–Crippen LogP) is 3.42. The van der Waals surface area contributed by atoms with Gasteiger partial charge in [0, 0.05) is 41.8 Å². The van der Waals surface area contributed by atoms with E-state index >= 15 is 0 Å². The van der Waals surface area contributed by atoms with Gasteiger partial charge in [-0.25, -0.2) is 4.68 Å². The number of benzene rings is 1. The third-order valence-corrected chi connectivity index (χ3v) is 5.82. The zero-order valence-corrected chi connectivity index (χ0v) is 17.8. The van der Waals surface area contributed by atoms with Crippen LogP contribution in [0, 0.1) is 6.92 Å². The Labute approximate surface area is 181 Å². The maximum absolute atomic E-state index is 12.5. The van der Waals surface area contributed by atoms with Crippen molar-refractivity contribution >= 4 is 17.5 Å². The Morgan fingerprint density at radius 2 is 1.90 bits per heavy atom. The number of pyridine rings is 1. The summed E-state index contributed by atoms with van der Waals surface area (Å²) >= 11 is 6.00. The minimum absolute atomic E-state index is 0.157. The summed E-state index contributed by atoms with van der Waals surface area (Å²) in [6.07, 6.45) is 4.69. The summed E-state index contributed by atoms with van der Waals surface area (Å²) < 4.78 is 1.59. The molecule has 2 aromatic heterocycles. The van der Waals surface area contributed by atoms with Gasteiger partial charge in [-0.2, -0.15) is 0 Å². The van der Waals surface area contributed by atoms with Gasteiger partial charge in [0.2, 0.25) is 5.91 Å². The van der Waals surface area contributed by atoms with Crippen LogP contribution in [0.25, 0.3) is 0 Å². The highest BCUT2D eigenvalue weighted by Gasteiger charge is 2.25. The lowest BCUT2D eigenvalue weighted by molar-refractivity contribution is -0.132. The van der Waals surface area contributed by atoms with Crippen LogP contribution in [-0.2, 0) is 17.8 Å². The second-order valence-corrected chi connectivity index (χ2v) is 8.26. The number of halogens is 1. The second kappa shape index (κ2) is 9.34. The molecule has 0 radical (unpaired) electrons. The zero-order chi connectivity index (χ0) is 20.9. The highest BCUT2D eigenvalue weighted by Crippen LogP contribution is 2.28. The standard InChI is InChI=1S/C22H25ClN6O/c1-16-12-18(13-17-2-4-20(23)5-3-17)14-21(25-16)19-6-9-28(10-7-19)22(30)8-11-29-15-24-26-27-29/h2-5,12,14-15,19H,6-11,13H2,1H3. The van der Waals surface area contributed by atoms with Crippen LogP contribution < -0.4 is 0 Å². The van der Waals surface area contributed by atoms with E-state index in [2.05, 4.69) is 39.8 Å². The Morgan fingerprint density at radius 1 is 1.13 bits per heavy atom. The van der Waals surface area contributed by atoms with Gasteiger partial charge < -0.3 is 4.90 Å². The number of likely N-dealkylation sites (tertiary alicyclic amines) is 1. The Hall–Kier alpha value is -2.80. The Kier molecular flexibility index (Phi) is 6.38. The molecule has 0 N–H and O–H groups in total. The van der Waals surface area contributed by atoms with Crippen molar-refractivity contribution in [2.45, 2.75) is 45.1 Å². The average molecular weight is 425 g/mol. The number of aryl methyl sites for hydroxylation is 2. The van der Waals surface area contributed by atoms with Gasteiger partial charge in [-0.1, -0.05) is 23.7 Å². The highest BCUT2D eigenvalue weighted by molar-refractivity contribution is 6.30. The summed E-state index contributed by atoms with van der Waals surface area (Å²) in [5, 5.41) is 11.8. The molecule has 0 unspecified atom stereocenters. The van der Waals surface area contributed by atoms with Crippen molar-refractivity contribution in [2.24, 2.45) is 0 Å². The molecule has 3 heterocycles. The summed E-state index contributed by atoms with van der Waals surface area (Å²) in [5.74, 6) is 0.544. The average Bonchev–Trinajstić information content (AvgIpc) is 3.27. The van der Waals surface area contributed by atoms with Crippen LogP contribution in [0.2, 0.25) is 5.02 Å². The smallest absolute Gasteiger partial charge is 0.224 e. The molecule has 156 valence electrons. The summed E-state index contributed by atoms with van der Waals surface area (Å²) in [7, 11) is 0. The fraction of sp³-hybridized carbons (Fsp3) is 0.409. The maximum Gasteiger partial charge on any atom is 0.224 e. The lowest BCUT2D eigenvalue weighted by Gasteiger charge is -2.32. The third kappa shape index (κ3) is 5.21. The van der Waals surface area contributed by atoms with Gasteiger partial charge >= 0.3 is 0 Å².